The van der Waals surface area contributed by atoms with E-state index in [4.69, 9.17) is 11.6 Å². The molecule has 4 rings (SSSR count). The van der Waals surface area contributed by atoms with Gasteiger partial charge in [-0.15, -0.1) is 21.5 Å². The standard InChI is InChI=1S/C21H17ClN4O2S/c1-2-14-15(4-3-5-16(14)21(27)28)17-11-19(20-23-25-26-24-20)29-18(17)10-12-6-8-13(22)9-7-12/h3-9,11H,2,10H2,1H3,(H,27,28)(H,23,24,25,26). The summed E-state index contributed by atoms with van der Waals surface area (Å²) < 4.78 is 0. The highest BCUT2D eigenvalue weighted by Crippen LogP contribution is 2.39. The van der Waals surface area contributed by atoms with Crippen molar-refractivity contribution < 1.29 is 9.90 Å². The molecule has 0 aliphatic rings. The SMILES string of the molecule is CCc1c(C(=O)O)cccc1-c1cc(-c2nn[nH]n2)sc1Cc1ccc(Cl)cc1. The van der Waals surface area contributed by atoms with E-state index in [1.807, 2.05) is 43.3 Å². The van der Waals surface area contributed by atoms with E-state index in [1.165, 1.54) is 0 Å². The summed E-state index contributed by atoms with van der Waals surface area (Å²) in [6.45, 7) is 1.97. The van der Waals surface area contributed by atoms with E-state index in [2.05, 4.69) is 20.6 Å². The van der Waals surface area contributed by atoms with E-state index in [0.717, 1.165) is 32.0 Å². The first-order valence-corrected chi connectivity index (χ1v) is 10.2. The van der Waals surface area contributed by atoms with Crippen LogP contribution in [0.15, 0.2) is 48.5 Å². The first-order valence-electron chi connectivity index (χ1n) is 9.03. The van der Waals surface area contributed by atoms with Crippen LogP contribution in [0.5, 0.6) is 0 Å². The normalized spacial score (nSPS) is 11.0. The summed E-state index contributed by atoms with van der Waals surface area (Å²) in [7, 11) is 0. The Labute approximate surface area is 176 Å². The molecule has 0 amide bonds. The highest BCUT2D eigenvalue weighted by atomic mass is 35.5. The molecule has 4 aromatic rings. The number of nitrogens with one attached hydrogen (secondary N) is 1. The largest absolute Gasteiger partial charge is 0.478 e. The van der Waals surface area contributed by atoms with Crippen LogP contribution < -0.4 is 0 Å². The molecule has 0 aliphatic carbocycles. The van der Waals surface area contributed by atoms with Gasteiger partial charge in [0, 0.05) is 16.3 Å². The number of aromatic nitrogens is 4. The van der Waals surface area contributed by atoms with E-state index in [9.17, 15) is 9.90 Å². The number of tetrazole rings is 1. The summed E-state index contributed by atoms with van der Waals surface area (Å²) in [6, 6.07) is 15.1. The molecule has 8 heteroatoms. The molecule has 2 N–H and O–H groups in total. The summed E-state index contributed by atoms with van der Waals surface area (Å²) in [4.78, 5) is 13.7. The van der Waals surface area contributed by atoms with E-state index < -0.39 is 5.97 Å². The number of rotatable bonds is 6. The van der Waals surface area contributed by atoms with Gasteiger partial charge in [-0.05, 0) is 58.2 Å². The van der Waals surface area contributed by atoms with Gasteiger partial charge in [-0.2, -0.15) is 5.21 Å². The van der Waals surface area contributed by atoms with Crippen molar-refractivity contribution in [2.45, 2.75) is 19.8 Å². The van der Waals surface area contributed by atoms with Crippen LogP contribution >= 0.6 is 22.9 Å². The van der Waals surface area contributed by atoms with Gasteiger partial charge >= 0.3 is 5.97 Å². The average Bonchev–Trinajstić information content (AvgIpc) is 3.39. The van der Waals surface area contributed by atoms with Gasteiger partial charge in [-0.3, -0.25) is 0 Å². The summed E-state index contributed by atoms with van der Waals surface area (Å²) in [5, 5.41) is 24.6. The van der Waals surface area contributed by atoms with Gasteiger partial charge in [0.2, 0.25) is 5.82 Å². The summed E-state index contributed by atoms with van der Waals surface area (Å²) in [5.41, 5.74) is 4.17. The fourth-order valence-corrected chi connectivity index (χ4v) is 4.64. The molecule has 0 radical (unpaired) electrons. The van der Waals surface area contributed by atoms with Crippen LogP contribution in [-0.4, -0.2) is 31.7 Å². The zero-order valence-electron chi connectivity index (χ0n) is 15.5. The Morgan fingerprint density at radius 1 is 1.17 bits per heavy atom. The maximum Gasteiger partial charge on any atom is 0.335 e. The third-order valence-electron chi connectivity index (χ3n) is 4.70. The molecule has 29 heavy (non-hydrogen) atoms. The first-order chi connectivity index (χ1) is 14.1. The molecular formula is C21H17ClN4O2S. The van der Waals surface area contributed by atoms with Crippen LogP contribution in [0.3, 0.4) is 0 Å². The van der Waals surface area contributed by atoms with E-state index in [0.29, 0.717) is 29.3 Å². The molecule has 0 aliphatic heterocycles. The molecule has 2 aromatic carbocycles. The number of hydrogen-bond acceptors (Lipinski definition) is 5. The lowest BCUT2D eigenvalue weighted by Gasteiger charge is -2.12. The molecule has 6 nitrogen and oxygen atoms in total. The van der Waals surface area contributed by atoms with Gasteiger partial charge in [0.1, 0.15) is 0 Å². The van der Waals surface area contributed by atoms with Crippen LogP contribution in [-0.2, 0) is 12.8 Å². The second-order valence-corrected chi connectivity index (χ2v) is 8.05. The maximum atomic E-state index is 11.7. The van der Waals surface area contributed by atoms with Gasteiger partial charge in [-0.1, -0.05) is 42.8 Å². The lowest BCUT2D eigenvalue weighted by Crippen LogP contribution is -2.03. The smallest absolute Gasteiger partial charge is 0.335 e. The molecule has 0 bridgehead atoms. The Morgan fingerprint density at radius 2 is 1.97 bits per heavy atom. The quantitative estimate of drug-likeness (QED) is 0.449. The number of halogens is 1. The van der Waals surface area contributed by atoms with Crippen molar-refractivity contribution in [3.05, 3.63) is 75.1 Å². The summed E-state index contributed by atoms with van der Waals surface area (Å²) in [6.07, 6.45) is 1.31. The molecule has 2 aromatic heterocycles. The number of carbonyl (C=O) groups is 1. The minimum Gasteiger partial charge on any atom is -0.478 e. The van der Waals surface area contributed by atoms with Gasteiger partial charge in [0.15, 0.2) is 0 Å². The minimum absolute atomic E-state index is 0.328. The number of H-pyrrole nitrogens is 1. The Bertz CT molecular complexity index is 1150. The summed E-state index contributed by atoms with van der Waals surface area (Å²) in [5.74, 6) is -0.400. The van der Waals surface area contributed by atoms with Crippen LogP contribution in [0, 0.1) is 0 Å². The van der Waals surface area contributed by atoms with Crippen molar-refractivity contribution >= 4 is 28.9 Å². The fourth-order valence-electron chi connectivity index (χ4n) is 3.37. The van der Waals surface area contributed by atoms with Gasteiger partial charge in [0.25, 0.3) is 0 Å². The first kappa shape index (κ1) is 19.3. The predicted octanol–water partition coefficient (Wildman–Crippen LogP) is 5.10. The number of nitrogens with zero attached hydrogens (tertiary/aromatic N) is 3. The number of thiophene rings is 1. The third kappa shape index (κ3) is 3.92. The average molecular weight is 425 g/mol. The zero-order valence-corrected chi connectivity index (χ0v) is 17.1. The maximum absolute atomic E-state index is 11.7. The van der Waals surface area contributed by atoms with E-state index >= 15 is 0 Å². The molecular weight excluding hydrogens is 408 g/mol. The van der Waals surface area contributed by atoms with Gasteiger partial charge in [0.05, 0.1) is 10.4 Å². The Hall–Kier alpha value is -3.03. The summed E-state index contributed by atoms with van der Waals surface area (Å²) >= 11 is 7.60. The van der Waals surface area contributed by atoms with Crippen molar-refractivity contribution in [3.8, 4) is 21.8 Å². The molecule has 0 fully saturated rings. The Morgan fingerprint density at radius 3 is 2.62 bits per heavy atom. The highest BCUT2D eigenvalue weighted by molar-refractivity contribution is 7.16. The number of carboxylic acid groups (broad SMARTS) is 1. The number of carboxylic acids is 1. The molecule has 0 saturated carbocycles. The molecule has 0 atom stereocenters. The monoisotopic (exact) mass is 424 g/mol. The predicted molar refractivity (Wildman–Crippen MR) is 114 cm³/mol. The van der Waals surface area contributed by atoms with Crippen LogP contribution in [0.25, 0.3) is 21.8 Å². The number of aromatic carboxylic acids is 1. The van der Waals surface area contributed by atoms with E-state index in [1.54, 1.807) is 23.5 Å². The number of aromatic amines is 1. The van der Waals surface area contributed by atoms with Crippen molar-refractivity contribution in [1.82, 2.24) is 20.6 Å². The lowest BCUT2D eigenvalue weighted by atomic mass is 9.92. The molecule has 0 unspecified atom stereocenters. The zero-order chi connectivity index (χ0) is 20.4. The second kappa shape index (κ2) is 8.14. The van der Waals surface area contributed by atoms with Gasteiger partial charge in [-0.25, -0.2) is 4.79 Å². The molecule has 2 heterocycles. The second-order valence-electron chi connectivity index (χ2n) is 6.48. The van der Waals surface area contributed by atoms with Crippen LogP contribution in [0.4, 0.5) is 0 Å². The topological polar surface area (TPSA) is 91.8 Å². The minimum atomic E-state index is -0.920. The van der Waals surface area contributed by atoms with E-state index in [-0.39, 0.29) is 0 Å². The Kier molecular flexibility index (Phi) is 5.42. The molecule has 146 valence electrons. The fraction of sp³-hybridized carbons (Fsp3) is 0.143. The number of benzene rings is 2. The van der Waals surface area contributed by atoms with Gasteiger partial charge < -0.3 is 5.11 Å². The van der Waals surface area contributed by atoms with Crippen LogP contribution in [0.1, 0.15) is 33.3 Å². The van der Waals surface area contributed by atoms with Crippen LogP contribution in [0.2, 0.25) is 5.02 Å². The van der Waals surface area contributed by atoms with Crippen molar-refractivity contribution in [3.63, 3.8) is 0 Å². The van der Waals surface area contributed by atoms with Crippen molar-refractivity contribution in [2.24, 2.45) is 0 Å². The third-order valence-corrected chi connectivity index (χ3v) is 6.09. The highest BCUT2D eigenvalue weighted by Gasteiger charge is 2.20. The Balaban J connectivity index is 1.87. The lowest BCUT2D eigenvalue weighted by molar-refractivity contribution is 0.0696. The number of hydrogen-bond donors (Lipinski definition) is 2. The molecule has 0 saturated heterocycles. The van der Waals surface area contributed by atoms with Crippen molar-refractivity contribution in [2.75, 3.05) is 0 Å². The molecule has 0 spiro atoms. The van der Waals surface area contributed by atoms with Crippen molar-refractivity contribution in [1.29, 1.82) is 0 Å².